The van der Waals surface area contributed by atoms with E-state index in [-0.39, 0.29) is 12.0 Å². The van der Waals surface area contributed by atoms with Crippen molar-refractivity contribution in [3.05, 3.63) is 56.7 Å². The molecule has 0 bridgehead atoms. The number of thioether (sulfide) groups is 1. The first-order valence-corrected chi connectivity index (χ1v) is 8.69. The van der Waals surface area contributed by atoms with Gasteiger partial charge in [0.05, 0.1) is 23.9 Å². The Balaban J connectivity index is 2.14. The summed E-state index contributed by atoms with van der Waals surface area (Å²) in [6.45, 7) is 3.89. The van der Waals surface area contributed by atoms with Crippen LogP contribution in [0.1, 0.15) is 25.5 Å². The summed E-state index contributed by atoms with van der Waals surface area (Å²) in [6, 6.07) is 4.90. The molecule has 3 rings (SSSR count). The maximum Gasteiger partial charge on any atom is 0.338 e. The normalized spacial score (nSPS) is 19.7. The third kappa shape index (κ3) is 3.01. The second kappa shape index (κ2) is 6.59. The minimum atomic E-state index is -0.380. The zero-order valence-corrected chi connectivity index (χ0v) is 14.9. The van der Waals surface area contributed by atoms with Gasteiger partial charge in [-0.25, -0.2) is 9.79 Å². The SMILES string of the molecule is CCOC(=O)C1=C(C)N=C2SC=CN2[C@@H]1c1ccc(Cl)cc1Cl. The third-order valence-electron chi connectivity index (χ3n) is 3.57. The van der Waals surface area contributed by atoms with E-state index in [2.05, 4.69) is 4.99 Å². The van der Waals surface area contributed by atoms with Crippen molar-refractivity contribution in [2.24, 2.45) is 4.99 Å². The number of esters is 1. The molecule has 0 saturated heterocycles. The minimum Gasteiger partial charge on any atom is -0.463 e. The van der Waals surface area contributed by atoms with Crippen molar-refractivity contribution in [2.75, 3.05) is 6.61 Å². The smallest absolute Gasteiger partial charge is 0.338 e. The zero-order chi connectivity index (χ0) is 16.6. The Morgan fingerprint density at radius 3 is 2.91 bits per heavy atom. The molecule has 4 nitrogen and oxygen atoms in total. The Morgan fingerprint density at radius 2 is 2.22 bits per heavy atom. The van der Waals surface area contributed by atoms with Crippen molar-refractivity contribution in [1.29, 1.82) is 0 Å². The topological polar surface area (TPSA) is 41.9 Å². The van der Waals surface area contributed by atoms with Crippen LogP contribution in [0.25, 0.3) is 0 Å². The summed E-state index contributed by atoms with van der Waals surface area (Å²) < 4.78 is 5.22. The van der Waals surface area contributed by atoms with Gasteiger partial charge in [-0.2, -0.15) is 0 Å². The van der Waals surface area contributed by atoms with Crippen LogP contribution in [-0.2, 0) is 9.53 Å². The molecule has 0 unspecified atom stereocenters. The molecule has 1 aromatic carbocycles. The molecule has 23 heavy (non-hydrogen) atoms. The maximum atomic E-state index is 12.5. The highest BCUT2D eigenvalue weighted by Crippen LogP contribution is 2.43. The summed E-state index contributed by atoms with van der Waals surface area (Å²) in [7, 11) is 0. The van der Waals surface area contributed by atoms with Crippen molar-refractivity contribution >= 4 is 46.1 Å². The van der Waals surface area contributed by atoms with Crippen LogP contribution < -0.4 is 0 Å². The van der Waals surface area contributed by atoms with E-state index < -0.39 is 0 Å². The Hall–Kier alpha value is -1.43. The second-order valence-corrected chi connectivity index (χ2v) is 6.71. The average molecular weight is 369 g/mol. The highest BCUT2D eigenvalue weighted by atomic mass is 35.5. The van der Waals surface area contributed by atoms with Crippen molar-refractivity contribution in [3.63, 3.8) is 0 Å². The molecule has 0 aliphatic carbocycles. The van der Waals surface area contributed by atoms with E-state index in [1.807, 2.05) is 29.5 Å². The molecule has 0 amide bonds. The summed E-state index contributed by atoms with van der Waals surface area (Å²) in [6.07, 6.45) is 1.89. The van der Waals surface area contributed by atoms with Crippen molar-refractivity contribution in [1.82, 2.24) is 4.90 Å². The second-order valence-electron chi connectivity index (χ2n) is 4.99. The van der Waals surface area contributed by atoms with Gasteiger partial charge in [-0.1, -0.05) is 41.0 Å². The molecule has 0 saturated carbocycles. The molecule has 7 heteroatoms. The molecule has 2 aliphatic heterocycles. The number of carbonyl (C=O) groups excluding carboxylic acids is 1. The van der Waals surface area contributed by atoms with Crippen LogP contribution >= 0.6 is 35.0 Å². The number of halogens is 2. The van der Waals surface area contributed by atoms with Crippen LogP contribution in [-0.4, -0.2) is 22.6 Å². The van der Waals surface area contributed by atoms with E-state index >= 15 is 0 Å². The fourth-order valence-electron chi connectivity index (χ4n) is 2.60. The van der Waals surface area contributed by atoms with Crippen LogP contribution in [0.15, 0.2) is 46.1 Å². The predicted octanol–water partition coefficient (Wildman–Crippen LogP) is 4.76. The van der Waals surface area contributed by atoms with Gasteiger partial charge in [-0.3, -0.25) is 0 Å². The number of rotatable bonds is 3. The maximum absolute atomic E-state index is 12.5. The first-order chi connectivity index (χ1) is 11.0. The molecule has 0 radical (unpaired) electrons. The van der Waals surface area contributed by atoms with Crippen LogP contribution in [0, 0.1) is 0 Å². The number of carbonyl (C=O) groups is 1. The number of hydrogen-bond acceptors (Lipinski definition) is 5. The van der Waals surface area contributed by atoms with Crippen LogP contribution in [0.5, 0.6) is 0 Å². The van der Waals surface area contributed by atoms with Gasteiger partial charge in [0.1, 0.15) is 0 Å². The van der Waals surface area contributed by atoms with Gasteiger partial charge in [0.25, 0.3) is 0 Å². The lowest BCUT2D eigenvalue weighted by Crippen LogP contribution is -2.34. The number of fused-ring (bicyclic) bond motifs is 1. The van der Waals surface area contributed by atoms with Crippen molar-refractivity contribution in [3.8, 4) is 0 Å². The summed E-state index contributed by atoms with van der Waals surface area (Å²) in [5.41, 5.74) is 1.92. The van der Waals surface area contributed by atoms with E-state index in [4.69, 9.17) is 27.9 Å². The van der Waals surface area contributed by atoms with Gasteiger partial charge in [0.15, 0.2) is 5.17 Å². The fraction of sp³-hybridized carbons (Fsp3) is 0.250. The molecule has 1 atom stereocenters. The van der Waals surface area contributed by atoms with E-state index in [0.717, 1.165) is 10.7 Å². The molecule has 0 N–H and O–H groups in total. The van der Waals surface area contributed by atoms with Gasteiger partial charge in [0.2, 0.25) is 0 Å². The highest BCUT2D eigenvalue weighted by molar-refractivity contribution is 8.16. The molecule has 2 heterocycles. The number of ether oxygens (including phenoxy) is 1. The number of aliphatic imine (C=N–C) groups is 1. The number of benzene rings is 1. The monoisotopic (exact) mass is 368 g/mol. The molecule has 1 aromatic rings. The van der Waals surface area contributed by atoms with Gasteiger partial charge in [-0.15, -0.1) is 0 Å². The standard InChI is InChI=1S/C16H14Cl2N2O2S/c1-3-22-15(21)13-9(2)19-16-20(6-7-23-16)14(13)11-5-4-10(17)8-12(11)18/h4-8,14H,3H2,1-2H3/t14-/m1/s1. The summed E-state index contributed by atoms with van der Waals surface area (Å²) in [4.78, 5) is 18.9. The number of allylic oxidation sites excluding steroid dienone is 1. The molecular formula is C16H14Cl2N2O2S. The number of nitrogens with zero attached hydrogens (tertiary/aromatic N) is 2. The van der Waals surface area contributed by atoms with Gasteiger partial charge in [0, 0.05) is 16.2 Å². The average Bonchev–Trinajstić information content (AvgIpc) is 2.94. The van der Waals surface area contributed by atoms with Crippen LogP contribution in [0.2, 0.25) is 10.0 Å². The van der Waals surface area contributed by atoms with Crippen LogP contribution in [0.3, 0.4) is 0 Å². The zero-order valence-electron chi connectivity index (χ0n) is 12.5. The van der Waals surface area contributed by atoms with Gasteiger partial charge in [-0.05, 0) is 37.0 Å². The minimum absolute atomic E-state index is 0.303. The largest absolute Gasteiger partial charge is 0.463 e. The van der Waals surface area contributed by atoms with Gasteiger partial charge < -0.3 is 9.64 Å². The number of hydrogen-bond donors (Lipinski definition) is 0. The Morgan fingerprint density at radius 1 is 1.43 bits per heavy atom. The van der Waals surface area contributed by atoms with Crippen LogP contribution in [0.4, 0.5) is 0 Å². The number of amidine groups is 1. The summed E-state index contributed by atoms with van der Waals surface area (Å²) >= 11 is 13.9. The molecule has 0 fully saturated rings. The lowest BCUT2D eigenvalue weighted by atomic mass is 9.95. The molecule has 0 aromatic heterocycles. The Bertz CT molecular complexity index is 758. The first kappa shape index (κ1) is 16.4. The van der Waals surface area contributed by atoms with E-state index in [0.29, 0.717) is 27.9 Å². The van der Waals surface area contributed by atoms with Crippen molar-refractivity contribution < 1.29 is 9.53 Å². The van der Waals surface area contributed by atoms with E-state index in [9.17, 15) is 4.79 Å². The predicted molar refractivity (Wildman–Crippen MR) is 94.5 cm³/mol. The van der Waals surface area contributed by atoms with Crippen molar-refractivity contribution in [2.45, 2.75) is 19.9 Å². The van der Waals surface area contributed by atoms with Gasteiger partial charge >= 0.3 is 5.97 Å². The van der Waals surface area contributed by atoms with E-state index in [1.54, 1.807) is 19.1 Å². The summed E-state index contributed by atoms with van der Waals surface area (Å²) in [5, 5.41) is 3.79. The molecule has 0 spiro atoms. The Labute approximate surface area is 148 Å². The quantitative estimate of drug-likeness (QED) is 0.721. The third-order valence-corrected chi connectivity index (χ3v) is 4.91. The molecule has 120 valence electrons. The highest BCUT2D eigenvalue weighted by Gasteiger charge is 2.38. The summed E-state index contributed by atoms with van der Waals surface area (Å²) in [5.74, 6) is -0.380. The fourth-order valence-corrected chi connectivity index (χ4v) is 3.90. The molecule has 2 aliphatic rings. The lowest BCUT2D eigenvalue weighted by molar-refractivity contribution is -0.139. The van der Waals surface area contributed by atoms with E-state index in [1.165, 1.54) is 11.8 Å². The first-order valence-electron chi connectivity index (χ1n) is 7.06. The lowest BCUT2D eigenvalue weighted by Gasteiger charge is -2.33. The Kier molecular flexibility index (Phi) is 4.71. The molecular weight excluding hydrogens is 355 g/mol.